The normalized spacial score (nSPS) is 18.7. The third-order valence-electron chi connectivity index (χ3n) is 4.75. The Morgan fingerprint density at radius 2 is 2.04 bits per heavy atom. The lowest BCUT2D eigenvalue weighted by atomic mass is 10.0. The molecule has 156 valence electrons. The van der Waals surface area contributed by atoms with Gasteiger partial charge in [-0.25, -0.2) is 0 Å². The van der Waals surface area contributed by atoms with Gasteiger partial charge < -0.3 is 20.1 Å². The van der Waals surface area contributed by atoms with Crippen LogP contribution in [-0.4, -0.2) is 76.1 Å². The first-order chi connectivity index (χ1) is 13.1. The Hall–Kier alpha value is -1.37. The maximum absolute atomic E-state index is 5.70. The van der Waals surface area contributed by atoms with E-state index in [9.17, 15) is 0 Å². The molecule has 2 unspecified atom stereocenters. The lowest BCUT2D eigenvalue weighted by molar-refractivity contribution is 0.0168. The van der Waals surface area contributed by atoms with Crippen molar-refractivity contribution < 1.29 is 9.47 Å². The van der Waals surface area contributed by atoms with Gasteiger partial charge in [-0.1, -0.05) is 26.0 Å². The Bertz CT molecular complexity index is 424. The number of hydrogen-bond acceptors (Lipinski definition) is 4. The van der Waals surface area contributed by atoms with E-state index in [1.165, 1.54) is 0 Å². The maximum Gasteiger partial charge on any atom is 0.191 e. The molecule has 0 radical (unpaired) electrons. The summed E-state index contributed by atoms with van der Waals surface area (Å²) in [5.74, 6) is 1.35. The van der Waals surface area contributed by atoms with E-state index in [-0.39, 0.29) is 0 Å². The molecule has 0 saturated carbocycles. The van der Waals surface area contributed by atoms with E-state index in [4.69, 9.17) is 9.47 Å². The van der Waals surface area contributed by atoms with Crippen molar-refractivity contribution in [3.05, 3.63) is 25.3 Å². The van der Waals surface area contributed by atoms with Gasteiger partial charge in [-0.3, -0.25) is 9.89 Å². The van der Waals surface area contributed by atoms with Crippen LogP contribution in [0.1, 0.15) is 33.1 Å². The number of nitrogens with zero attached hydrogens (tertiary/aromatic N) is 2. The largest absolute Gasteiger partial charge is 0.379 e. The molecular formula is C21H40N4O2. The zero-order valence-electron chi connectivity index (χ0n) is 17.6. The average molecular weight is 381 g/mol. The topological polar surface area (TPSA) is 58.1 Å². The van der Waals surface area contributed by atoms with Crippen molar-refractivity contribution in [1.29, 1.82) is 0 Å². The SMILES string of the molecule is C=CCN(CC=C)C(CNC(=NC)NCCCOCC1CCCO1)C(C)C. The summed E-state index contributed by atoms with van der Waals surface area (Å²) in [4.78, 5) is 6.71. The number of ether oxygens (including phenoxy) is 2. The van der Waals surface area contributed by atoms with E-state index >= 15 is 0 Å². The van der Waals surface area contributed by atoms with Crippen LogP contribution in [0.3, 0.4) is 0 Å². The predicted octanol–water partition coefficient (Wildman–Crippen LogP) is 2.44. The highest BCUT2D eigenvalue weighted by Crippen LogP contribution is 2.12. The third kappa shape index (κ3) is 9.94. The van der Waals surface area contributed by atoms with Crippen molar-refractivity contribution >= 4 is 5.96 Å². The van der Waals surface area contributed by atoms with Gasteiger partial charge in [0.2, 0.25) is 0 Å². The number of nitrogens with one attached hydrogen (secondary N) is 2. The van der Waals surface area contributed by atoms with Gasteiger partial charge in [0.05, 0.1) is 12.7 Å². The zero-order chi connectivity index (χ0) is 19.9. The first-order valence-electron chi connectivity index (χ1n) is 10.2. The van der Waals surface area contributed by atoms with Gasteiger partial charge >= 0.3 is 0 Å². The summed E-state index contributed by atoms with van der Waals surface area (Å²) in [6, 6.07) is 0.384. The molecule has 1 saturated heterocycles. The molecule has 1 aliphatic heterocycles. The van der Waals surface area contributed by atoms with Crippen molar-refractivity contribution in [1.82, 2.24) is 15.5 Å². The second-order valence-corrected chi connectivity index (χ2v) is 7.29. The van der Waals surface area contributed by atoms with Crippen molar-refractivity contribution in [2.75, 3.05) is 53.0 Å². The van der Waals surface area contributed by atoms with Gasteiger partial charge in [0, 0.05) is 52.5 Å². The molecule has 1 heterocycles. The van der Waals surface area contributed by atoms with Crippen LogP contribution in [0.25, 0.3) is 0 Å². The van der Waals surface area contributed by atoms with E-state index in [0.29, 0.717) is 24.7 Å². The standard InChI is InChI=1S/C21H40N4O2/c1-6-12-25(13-7-2)20(18(3)4)16-24-21(22-5)23-11-9-14-26-17-19-10-8-15-27-19/h6-7,18-20H,1-2,8-17H2,3-5H3,(H2,22,23,24). The molecule has 0 amide bonds. The number of guanidine groups is 1. The van der Waals surface area contributed by atoms with Crippen LogP contribution in [-0.2, 0) is 9.47 Å². The molecule has 6 heteroatoms. The van der Waals surface area contributed by atoms with Crippen LogP contribution in [0.5, 0.6) is 0 Å². The van der Waals surface area contributed by atoms with Gasteiger partial charge in [-0.15, -0.1) is 13.2 Å². The summed E-state index contributed by atoms with van der Waals surface area (Å²) >= 11 is 0. The van der Waals surface area contributed by atoms with E-state index in [1.807, 2.05) is 12.2 Å². The van der Waals surface area contributed by atoms with Crippen molar-refractivity contribution in [2.45, 2.75) is 45.3 Å². The lowest BCUT2D eigenvalue weighted by Gasteiger charge is -2.33. The Balaban J connectivity index is 2.27. The van der Waals surface area contributed by atoms with E-state index in [2.05, 4.69) is 47.5 Å². The lowest BCUT2D eigenvalue weighted by Crippen LogP contribution is -2.49. The van der Waals surface area contributed by atoms with Gasteiger partial charge in [0.25, 0.3) is 0 Å². The summed E-state index contributed by atoms with van der Waals surface area (Å²) in [7, 11) is 1.80. The average Bonchev–Trinajstić information content (AvgIpc) is 3.16. The smallest absolute Gasteiger partial charge is 0.191 e. The fourth-order valence-corrected chi connectivity index (χ4v) is 3.26. The quantitative estimate of drug-likeness (QED) is 0.210. The molecule has 27 heavy (non-hydrogen) atoms. The summed E-state index contributed by atoms with van der Waals surface area (Å²) in [6.07, 6.45) is 7.42. The minimum absolute atomic E-state index is 0.300. The number of hydrogen-bond donors (Lipinski definition) is 2. The number of aliphatic imine (C=N–C) groups is 1. The summed E-state index contributed by atoms with van der Waals surface area (Å²) < 4.78 is 11.3. The Kier molecular flexibility index (Phi) is 12.9. The fraction of sp³-hybridized carbons (Fsp3) is 0.762. The highest BCUT2D eigenvalue weighted by molar-refractivity contribution is 5.79. The molecule has 0 spiro atoms. The highest BCUT2D eigenvalue weighted by Gasteiger charge is 2.20. The molecule has 0 aromatic heterocycles. The fourth-order valence-electron chi connectivity index (χ4n) is 3.26. The van der Waals surface area contributed by atoms with Gasteiger partial charge in [-0.2, -0.15) is 0 Å². The number of rotatable bonds is 14. The monoisotopic (exact) mass is 380 g/mol. The molecular weight excluding hydrogens is 340 g/mol. The molecule has 0 aliphatic carbocycles. The molecule has 6 nitrogen and oxygen atoms in total. The molecule has 0 bridgehead atoms. The molecule has 0 aromatic carbocycles. The van der Waals surface area contributed by atoms with Crippen LogP contribution in [0, 0.1) is 5.92 Å². The minimum Gasteiger partial charge on any atom is -0.379 e. The first-order valence-corrected chi connectivity index (χ1v) is 10.2. The van der Waals surface area contributed by atoms with Crippen molar-refractivity contribution in [2.24, 2.45) is 10.9 Å². The Labute approximate surface area is 166 Å². The molecule has 1 fully saturated rings. The van der Waals surface area contributed by atoms with Crippen molar-refractivity contribution in [3.63, 3.8) is 0 Å². The second kappa shape index (κ2) is 14.7. The first kappa shape index (κ1) is 23.7. The van der Waals surface area contributed by atoms with Crippen molar-refractivity contribution in [3.8, 4) is 0 Å². The van der Waals surface area contributed by atoms with Gasteiger partial charge in [-0.05, 0) is 25.2 Å². The summed E-state index contributed by atoms with van der Waals surface area (Å²) in [5, 5.41) is 6.82. The van der Waals surface area contributed by atoms with E-state index in [1.54, 1.807) is 7.05 Å². The van der Waals surface area contributed by atoms with Crippen LogP contribution in [0.15, 0.2) is 30.3 Å². The van der Waals surface area contributed by atoms with E-state index in [0.717, 1.165) is 64.6 Å². The summed E-state index contributed by atoms with van der Waals surface area (Å²) in [5.41, 5.74) is 0. The Morgan fingerprint density at radius 1 is 1.30 bits per heavy atom. The Morgan fingerprint density at radius 3 is 2.59 bits per heavy atom. The predicted molar refractivity (Wildman–Crippen MR) is 114 cm³/mol. The van der Waals surface area contributed by atoms with Crippen LogP contribution in [0.4, 0.5) is 0 Å². The van der Waals surface area contributed by atoms with E-state index < -0.39 is 0 Å². The molecule has 1 rings (SSSR count). The third-order valence-corrected chi connectivity index (χ3v) is 4.75. The minimum atomic E-state index is 0.300. The highest BCUT2D eigenvalue weighted by atomic mass is 16.5. The molecule has 0 aromatic rings. The van der Waals surface area contributed by atoms with Gasteiger partial charge in [0.15, 0.2) is 5.96 Å². The van der Waals surface area contributed by atoms with Gasteiger partial charge in [0.1, 0.15) is 0 Å². The molecule has 2 atom stereocenters. The zero-order valence-corrected chi connectivity index (χ0v) is 17.6. The van der Waals surface area contributed by atoms with Crippen LogP contribution in [0.2, 0.25) is 0 Å². The maximum atomic E-state index is 5.70. The molecule has 1 aliphatic rings. The second-order valence-electron chi connectivity index (χ2n) is 7.29. The summed E-state index contributed by atoms with van der Waals surface area (Å²) in [6.45, 7) is 17.9. The van der Waals surface area contributed by atoms with Crippen LogP contribution < -0.4 is 10.6 Å². The molecule has 2 N–H and O–H groups in total. The van der Waals surface area contributed by atoms with Crippen LogP contribution >= 0.6 is 0 Å².